The lowest BCUT2D eigenvalue weighted by Gasteiger charge is -2.18. The lowest BCUT2D eigenvalue weighted by atomic mass is 9.85. The Hall–Kier alpha value is -6.44. The first-order chi connectivity index (χ1) is 24.3. The van der Waals surface area contributed by atoms with Crippen molar-refractivity contribution in [3.8, 4) is 33.4 Å². The molecule has 0 aliphatic rings. The van der Waals surface area contributed by atoms with Crippen molar-refractivity contribution in [1.29, 1.82) is 0 Å². The van der Waals surface area contributed by atoms with Crippen LogP contribution in [0.15, 0.2) is 170 Å². The lowest BCUT2D eigenvalue weighted by Crippen LogP contribution is -1.90. The van der Waals surface area contributed by atoms with Crippen LogP contribution in [-0.4, -0.2) is 4.98 Å². The Morgan fingerprint density at radius 1 is 0.265 bits per heavy atom. The molecule has 1 heterocycles. The molecular weight excluding hydrogens is 591 g/mol. The van der Waals surface area contributed by atoms with Crippen LogP contribution in [0, 0.1) is 0 Å². The summed E-state index contributed by atoms with van der Waals surface area (Å²) in [6.07, 6.45) is 0. The van der Waals surface area contributed by atoms with Gasteiger partial charge in [0.1, 0.15) is 0 Å². The van der Waals surface area contributed by atoms with Crippen molar-refractivity contribution in [2.24, 2.45) is 0 Å². The van der Waals surface area contributed by atoms with E-state index in [1.54, 1.807) is 0 Å². The fourth-order valence-electron chi connectivity index (χ4n) is 8.51. The molecular formula is C48H29N. The topological polar surface area (TPSA) is 15.8 Å². The molecule has 1 heteroatoms. The third-order valence-corrected chi connectivity index (χ3v) is 10.7. The number of benzene rings is 10. The number of aromatic amines is 1. The molecule has 0 unspecified atom stereocenters. The summed E-state index contributed by atoms with van der Waals surface area (Å²) < 4.78 is 0. The summed E-state index contributed by atoms with van der Waals surface area (Å²) in [5.74, 6) is 0. The molecule has 1 nitrogen and oxygen atoms in total. The summed E-state index contributed by atoms with van der Waals surface area (Å²) in [6.45, 7) is 0. The maximum atomic E-state index is 3.72. The van der Waals surface area contributed by atoms with Gasteiger partial charge in [0.05, 0.1) is 5.52 Å². The largest absolute Gasteiger partial charge is 0.354 e. The number of H-pyrrole nitrogens is 1. The molecule has 0 saturated carbocycles. The summed E-state index contributed by atoms with van der Waals surface area (Å²) in [4.78, 5) is 3.72. The molecule has 0 spiro atoms. The minimum Gasteiger partial charge on any atom is -0.354 e. The van der Waals surface area contributed by atoms with Gasteiger partial charge in [0, 0.05) is 21.9 Å². The van der Waals surface area contributed by atoms with Gasteiger partial charge in [-0.3, -0.25) is 0 Å². The Balaban J connectivity index is 1.08. The van der Waals surface area contributed by atoms with Crippen molar-refractivity contribution in [3.05, 3.63) is 170 Å². The third-order valence-electron chi connectivity index (χ3n) is 10.7. The van der Waals surface area contributed by atoms with Crippen molar-refractivity contribution < 1.29 is 0 Å². The van der Waals surface area contributed by atoms with Gasteiger partial charge in [-0.2, -0.15) is 0 Å². The second-order valence-corrected chi connectivity index (χ2v) is 13.3. The standard InChI is InChI=1S/C48H29N/c1-2-10-29(11-3-1)34-16-7-21-42-44-28-33(23-25-45(44)49-48(34)42)31-13-6-12-30(26-31)32-22-24-37-40-19-8-17-38-35-14-4-5-15-36(35)39-18-9-20-41(43(37)27-32)47(39)46(38)40/h1-28,49H. The van der Waals surface area contributed by atoms with E-state index in [4.69, 9.17) is 0 Å². The van der Waals surface area contributed by atoms with E-state index in [-0.39, 0.29) is 0 Å². The Labute approximate surface area is 283 Å². The highest BCUT2D eigenvalue weighted by Crippen LogP contribution is 2.45. The van der Waals surface area contributed by atoms with Gasteiger partial charge >= 0.3 is 0 Å². The predicted octanol–water partition coefficient (Wildman–Crippen LogP) is 13.5. The minimum absolute atomic E-state index is 1.16. The van der Waals surface area contributed by atoms with Gasteiger partial charge in [-0.15, -0.1) is 0 Å². The summed E-state index contributed by atoms with van der Waals surface area (Å²) in [6, 6.07) is 62.6. The first-order valence-electron chi connectivity index (χ1n) is 17.0. The zero-order chi connectivity index (χ0) is 32.1. The Morgan fingerprint density at radius 3 is 1.43 bits per heavy atom. The summed E-state index contributed by atoms with van der Waals surface area (Å²) in [7, 11) is 0. The zero-order valence-electron chi connectivity index (χ0n) is 26.7. The molecule has 11 rings (SSSR count). The van der Waals surface area contributed by atoms with Crippen LogP contribution in [0.1, 0.15) is 0 Å². The Kier molecular flexibility index (Phi) is 5.45. The lowest BCUT2D eigenvalue weighted by molar-refractivity contribution is 1.53. The molecule has 0 aliphatic carbocycles. The van der Waals surface area contributed by atoms with Gasteiger partial charge in [0.25, 0.3) is 0 Å². The Morgan fingerprint density at radius 2 is 0.735 bits per heavy atom. The highest BCUT2D eigenvalue weighted by atomic mass is 14.7. The van der Waals surface area contributed by atoms with Crippen LogP contribution in [0.4, 0.5) is 0 Å². The highest BCUT2D eigenvalue weighted by molar-refractivity contribution is 6.40. The minimum atomic E-state index is 1.16. The van der Waals surface area contributed by atoms with Crippen LogP contribution in [-0.2, 0) is 0 Å². The number of aromatic nitrogens is 1. The van der Waals surface area contributed by atoms with Crippen molar-refractivity contribution in [2.45, 2.75) is 0 Å². The van der Waals surface area contributed by atoms with Crippen LogP contribution in [0.25, 0.3) is 109 Å². The average molecular weight is 620 g/mol. The maximum absolute atomic E-state index is 3.72. The summed E-state index contributed by atoms with van der Waals surface area (Å²) in [5, 5.41) is 15.8. The predicted molar refractivity (Wildman–Crippen MR) is 211 cm³/mol. The number of nitrogens with one attached hydrogen (secondary N) is 1. The highest BCUT2D eigenvalue weighted by Gasteiger charge is 2.17. The SMILES string of the molecule is c1ccc(-c2cccc3c2[nH]c2ccc(-c4cccc(-c5ccc6c(c5)c5cccc7c8ccccc8c8cccc6c8c75)c4)cc23)cc1. The molecule has 0 amide bonds. The average Bonchev–Trinajstić information content (AvgIpc) is 3.56. The number of hydrogen-bond acceptors (Lipinski definition) is 0. The second kappa shape index (κ2) is 10.0. The van der Waals surface area contributed by atoms with E-state index in [1.165, 1.54) is 104 Å². The molecule has 1 N–H and O–H groups in total. The third kappa shape index (κ3) is 3.82. The van der Waals surface area contributed by atoms with E-state index >= 15 is 0 Å². The summed E-state index contributed by atoms with van der Waals surface area (Å²) in [5.41, 5.74) is 9.68. The fourth-order valence-corrected chi connectivity index (χ4v) is 8.51. The molecule has 0 atom stereocenters. The number of hydrogen-bond donors (Lipinski definition) is 1. The molecule has 0 radical (unpaired) electrons. The van der Waals surface area contributed by atoms with Crippen LogP contribution in [0.2, 0.25) is 0 Å². The molecule has 0 fully saturated rings. The Bertz CT molecular complexity index is 3090. The first kappa shape index (κ1) is 26.6. The molecule has 226 valence electrons. The molecule has 0 bridgehead atoms. The normalized spacial score (nSPS) is 12.1. The van der Waals surface area contributed by atoms with Gasteiger partial charge < -0.3 is 4.98 Å². The molecule has 10 aromatic carbocycles. The van der Waals surface area contributed by atoms with E-state index in [1.807, 2.05) is 0 Å². The molecule has 49 heavy (non-hydrogen) atoms. The van der Waals surface area contributed by atoms with Crippen molar-refractivity contribution in [2.75, 3.05) is 0 Å². The van der Waals surface area contributed by atoms with Gasteiger partial charge in [-0.1, -0.05) is 146 Å². The van der Waals surface area contributed by atoms with E-state index in [0.29, 0.717) is 0 Å². The smallest absolute Gasteiger partial charge is 0.0544 e. The number of rotatable bonds is 3. The molecule has 1 aromatic heterocycles. The van der Waals surface area contributed by atoms with Crippen LogP contribution < -0.4 is 0 Å². The van der Waals surface area contributed by atoms with Crippen molar-refractivity contribution in [3.63, 3.8) is 0 Å². The van der Waals surface area contributed by atoms with Crippen molar-refractivity contribution >= 4 is 75.7 Å². The van der Waals surface area contributed by atoms with Gasteiger partial charge in [-0.25, -0.2) is 0 Å². The van der Waals surface area contributed by atoms with E-state index in [2.05, 4.69) is 175 Å². The first-order valence-corrected chi connectivity index (χ1v) is 17.0. The van der Waals surface area contributed by atoms with Gasteiger partial charge in [0.2, 0.25) is 0 Å². The van der Waals surface area contributed by atoms with E-state index in [0.717, 1.165) is 5.52 Å². The van der Waals surface area contributed by atoms with Crippen LogP contribution >= 0.6 is 0 Å². The number of para-hydroxylation sites is 1. The van der Waals surface area contributed by atoms with E-state index in [9.17, 15) is 0 Å². The van der Waals surface area contributed by atoms with Crippen LogP contribution in [0.5, 0.6) is 0 Å². The monoisotopic (exact) mass is 619 g/mol. The fraction of sp³-hybridized carbons (Fsp3) is 0. The molecule has 0 saturated heterocycles. The molecule has 11 aromatic rings. The number of fused-ring (bicyclic) bond motifs is 9. The van der Waals surface area contributed by atoms with Gasteiger partial charge in [0.15, 0.2) is 0 Å². The zero-order valence-corrected chi connectivity index (χ0v) is 26.7. The quantitative estimate of drug-likeness (QED) is 0.150. The second-order valence-electron chi connectivity index (χ2n) is 13.3. The van der Waals surface area contributed by atoms with Gasteiger partial charge in [-0.05, 0) is 106 Å². The maximum Gasteiger partial charge on any atom is 0.0544 e. The summed E-state index contributed by atoms with van der Waals surface area (Å²) >= 11 is 0. The molecule has 0 aliphatic heterocycles. The van der Waals surface area contributed by atoms with Crippen molar-refractivity contribution in [1.82, 2.24) is 4.98 Å². The van der Waals surface area contributed by atoms with E-state index < -0.39 is 0 Å². The van der Waals surface area contributed by atoms with Crippen LogP contribution in [0.3, 0.4) is 0 Å².